The Bertz CT molecular complexity index is 693. The summed E-state index contributed by atoms with van der Waals surface area (Å²) >= 11 is 0. The zero-order valence-corrected chi connectivity index (χ0v) is 21.3. The molecule has 192 valence electrons. The van der Waals surface area contributed by atoms with Crippen molar-refractivity contribution in [2.24, 2.45) is 51.5 Å². The maximum absolute atomic E-state index is 13.0. The number of fused-ring (bicyclic) bond motifs is 3. The van der Waals surface area contributed by atoms with Crippen molar-refractivity contribution in [3.63, 3.8) is 0 Å². The van der Waals surface area contributed by atoms with E-state index in [-0.39, 0.29) is 18.8 Å². The highest BCUT2D eigenvalue weighted by molar-refractivity contribution is 5.90. The molecule has 0 aromatic carbocycles. The highest BCUT2D eigenvalue weighted by Crippen LogP contribution is 2.66. The molecule has 3 rings (SSSR count). The number of hydrogen-bond donors (Lipinski definition) is 2. The summed E-state index contributed by atoms with van der Waals surface area (Å²) in [5.74, 6) is 3.48. The lowest BCUT2D eigenvalue weighted by molar-refractivity contribution is -0.207. The lowest BCUT2D eigenvalue weighted by Gasteiger charge is -2.57. The van der Waals surface area contributed by atoms with Crippen molar-refractivity contribution in [3.05, 3.63) is 0 Å². The topological polar surface area (TPSA) is 52.8 Å². The standard InChI is InChI=1S/C27H46F3NO2/c1-17(2)7-6-8-18(3)20-10-11-21-19-9-12-23(31-33)26(5,16-14-24(32)27(28,29)30)22(19)13-15-25(20,21)4/h17-22,24,32-33H,6-16H2,1-5H3/b31-23-/t18-,19+,20-,21+,22+,24?,25-,26-/m1/s1. The highest BCUT2D eigenvalue weighted by atomic mass is 19.4. The van der Waals surface area contributed by atoms with Gasteiger partial charge in [0.05, 0.1) is 5.71 Å². The Labute approximate surface area is 198 Å². The predicted octanol–water partition coefficient (Wildman–Crippen LogP) is 7.84. The average molecular weight is 474 g/mol. The van der Waals surface area contributed by atoms with E-state index in [0.717, 1.165) is 31.1 Å². The van der Waals surface area contributed by atoms with Crippen LogP contribution in [0.25, 0.3) is 0 Å². The van der Waals surface area contributed by atoms with E-state index >= 15 is 0 Å². The molecule has 0 aliphatic heterocycles. The number of halogens is 3. The summed E-state index contributed by atoms with van der Waals surface area (Å²) in [5.41, 5.74) is 0.364. The average Bonchev–Trinajstić information content (AvgIpc) is 3.08. The molecule has 1 unspecified atom stereocenters. The van der Waals surface area contributed by atoms with Crippen molar-refractivity contribution in [2.75, 3.05) is 0 Å². The Morgan fingerprint density at radius 2 is 1.70 bits per heavy atom. The van der Waals surface area contributed by atoms with Crippen LogP contribution in [0.4, 0.5) is 13.2 Å². The fourth-order valence-corrected chi connectivity index (χ4v) is 8.40. The predicted molar refractivity (Wildman–Crippen MR) is 126 cm³/mol. The largest absolute Gasteiger partial charge is 0.414 e. The van der Waals surface area contributed by atoms with Gasteiger partial charge in [0.25, 0.3) is 0 Å². The van der Waals surface area contributed by atoms with Crippen molar-refractivity contribution in [1.82, 2.24) is 0 Å². The van der Waals surface area contributed by atoms with Gasteiger partial charge in [-0.15, -0.1) is 0 Å². The van der Waals surface area contributed by atoms with Gasteiger partial charge in [0.1, 0.15) is 6.10 Å². The smallest absolute Gasteiger partial charge is 0.411 e. The molecule has 0 aromatic rings. The molecule has 3 aliphatic carbocycles. The van der Waals surface area contributed by atoms with Crippen LogP contribution in [0, 0.1) is 46.3 Å². The monoisotopic (exact) mass is 473 g/mol. The van der Waals surface area contributed by atoms with E-state index in [9.17, 15) is 23.5 Å². The molecular weight excluding hydrogens is 427 g/mol. The molecule has 3 nitrogen and oxygen atoms in total. The van der Waals surface area contributed by atoms with E-state index in [0.29, 0.717) is 35.3 Å². The van der Waals surface area contributed by atoms with E-state index in [1.54, 1.807) is 0 Å². The number of rotatable bonds is 8. The lowest BCUT2D eigenvalue weighted by atomic mass is 9.47. The molecule has 2 N–H and O–H groups in total. The van der Waals surface area contributed by atoms with Gasteiger partial charge in [-0.3, -0.25) is 0 Å². The van der Waals surface area contributed by atoms with Crippen LogP contribution < -0.4 is 0 Å². The lowest BCUT2D eigenvalue weighted by Crippen LogP contribution is -2.53. The van der Waals surface area contributed by atoms with Crippen LogP contribution in [0.2, 0.25) is 0 Å². The fraction of sp³-hybridized carbons (Fsp3) is 0.963. The number of nitrogens with zero attached hydrogens (tertiary/aromatic N) is 1. The first-order chi connectivity index (χ1) is 15.3. The molecule has 0 bridgehead atoms. The normalized spacial score (nSPS) is 40.0. The van der Waals surface area contributed by atoms with E-state index < -0.39 is 17.7 Å². The van der Waals surface area contributed by atoms with Crippen LogP contribution in [-0.2, 0) is 0 Å². The van der Waals surface area contributed by atoms with Crippen LogP contribution in [0.5, 0.6) is 0 Å². The van der Waals surface area contributed by atoms with E-state index in [4.69, 9.17) is 0 Å². The molecule has 0 amide bonds. The third-order valence-electron chi connectivity index (χ3n) is 10.3. The fourth-order valence-electron chi connectivity index (χ4n) is 8.40. The van der Waals surface area contributed by atoms with Gasteiger partial charge < -0.3 is 10.3 Å². The maximum Gasteiger partial charge on any atom is 0.414 e. The molecular formula is C27H46F3NO2. The Morgan fingerprint density at radius 1 is 1.00 bits per heavy atom. The summed E-state index contributed by atoms with van der Waals surface area (Å²) in [5, 5.41) is 22.9. The summed E-state index contributed by atoms with van der Waals surface area (Å²) in [6.07, 6.45) is 3.00. The van der Waals surface area contributed by atoms with Gasteiger partial charge >= 0.3 is 6.18 Å². The SMILES string of the molecule is CC(C)CCC[C@@H](C)[C@H]1CC[C@H]2[C@@H]3CC/C(=N/O)[C@](C)(CCC(O)C(F)(F)F)[C@H]3CC[C@]12C. The van der Waals surface area contributed by atoms with Crippen LogP contribution in [0.1, 0.15) is 105 Å². The van der Waals surface area contributed by atoms with Gasteiger partial charge in [0, 0.05) is 5.41 Å². The van der Waals surface area contributed by atoms with Gasteiger partial charge in [-0.05, 0) is 92.3 Å². The van der Waals surface area contributed by atoms with Crippen LogP contribution >= 0.6 is 0 Å². The van der Waals surface area contributed by atoms with Gasteiger partial charge in [0.15, 0.2) is 0 Å². The summed E-state index contributed by atoms with van der Waals surface area (Å²) in [4.78, 5) is 0. The molecule has 3 saturated carbocycles. The van der Waals surface area contributed by atoms with Crippen LogP contribution in [0.15, 0.2) is 5.16 Å². The number of alkyl halides is 3. The minimum absolute atomic E-state index is 0.215. The first-order valence-electron chi connectivity index (χ1n) is 13.3. The van der Waals surface area contributed by atoms with Crippen molar-refractivity contribution < 1.29 is 23.5 Å². The third kappa shape index (κ3) is 5.26. The summed E-state index contributed by atoms with van der Waals surface area (Å²) < 4.78 is 39.0. The number of hydrogen-bond acceptors (Lipinski definition) is 3. The zero-order valence-electron chi connectivity index (χ0n) is 21.3. The maximum atomic E-state index is 13.0. The summed E-state index contributed by atoms with van der Waals surface area (Å²) in [6.45, 7) is 11.5. The van der Waals surface area contributed by atoms with Crippen LogP contribution in [-0.4, -0.2) is 28.3 Å². The molecule has 0 saturated heterocycles. The van der Waals surface area contributed by atoms with E-state index in [2.05, 4.69) is 32.9 Å². The highest BCUT2D eigenvalue weighted by Gasteiger charge is 2.59. The van der Waals surface area contributed by atoms with Gasteiger partial charge in [0.2, 0.25) is 0 Å². The molecule has 3 fully saturated rings. The quantitative estimate of drug-likeness (QED) is 0.279. The van der Waals surface area contributed by atoms with Crippen molar-refractivity contribution >= 4 is 5.71 Å². The second kappa shape index (κ2) is 10.1. The summed E-state index contributed by atoms with van der Waals surface area (Å²) in [7, 11) is 0. The zero-order chi connectivity index (χ0) is 24.6. The Hall–Kier alpha value is -0.780. The van der Waals surface area contributed by atoms with Gasteiger partial charge in [-0.1, -0.05) is 59.0 Å². The van der Waals surface area contributed by atoms with Crippen molar-refractivity contribution in [2.45, 2.75) is 118 Å². The van der Waals surface area contributed by atoms with E-state index in [1.807, 2.05) is 6.92 Å². The van der Waals surface area contributed by atoms with Crippen LogP contribution in [0.3, 0.4) is 0 Å². The van der Waals surface area contributed by atoms with E-state index in [1.165, 1.54) is 32.1 Å². The Morgan fingerprint density at radius 3 is 2.30 bits per heavy atom. The van der Waals surface area contributed by atoms with Gasteiger partial charge in [-0.25, -0.2) is 0 Å². The molecule has 6 heteroatoms. The second-order valence-electron chi connectivity index (χ2n) is 12.5. The minimum atomic E-state index is -4.60. The second-order valence-corrected chi connectivity index (χ2v) is 12.5. The first-order valence-corrected chi connectivity index (χ1v) is 13.3. The molecule has 33 heavy (non-hydrogen) atoms. The Kier molecular flexibility index (Phi) is 8.18. The molecule has 0 heterocycles. The Balaban J connectivity index is 1.75. The molecule has 3 aliphatic rings. The molecule has 0 radical (unpaired) electrons. The van der Waals surface area contributed by atoms with Crippen molar-refractivity contribution in [3.8, 4) is 0 Å². The third-order valence-corrected chi connectivity index (χ3v) is 10.3. The number of aliphatic hydroxyl groups is 1. The molecule has 0 aromatic heterocycles. The molecule has 8 atom stereocenters. The number of aliphatic hydroxyl groups excluding tert-OH is 1. The van der Waals surface area contributed by atoms with Crippen molar-refractivity contribution in [1.29, 1.82) is 0 Å². The number of oxime groups is 1. The molecule has 0 spiro atoms. The van der Waals surface area contributed by atoms with Gasteiger partial charge in [-0.2, -0.15) is 13.2 Å². The minimum Gasteiger partial charge on any atom is -0.411 e. The summed E-state index contributed by atoms with van der Waals surface area (Å²) in [6, 6.07) is 0. The first kappa shape index (κ1) is 26.8.